The van der Waals surface area contributed by atoms with Crippen molar-refractivity contribution in [1.29, 1.82) is 0 Å². The van der Waals surface area contributed by atoms with Gasteiger partial charge in [-0.25, -0.2) is 0 Å². The van der Waals surface area contributed by atoms with Gasteiger partial charge in [-0.2, -0.15) is 0 Å². The third-order valence-corrected chi connectivity index (χ3v) is 7.92. The summed E-state index contributed by atoms with van der Waals surface area (Å²) in [6.07, 6.45) is 0.240. The molecule has 3 saturated heterocycles. The number of ether oxygens (including phenoxy) is 2. The number of likely N-dealkylation sites (tertiary alicyclic amines) is 1. The maximum absolute atomic E-state index is 13.7. The van der Waals surface area contributed by atoms with Crippen molar-refractivity contribution in [2.24, 2.45) is 11.8 Å². The van der Waals surface area contributed by atoms with E-state index >= 15 is 0 Å². The van der Waals surface area contributed by atoms with Gasteiger partial charge in [0, 0.05) is 4.83 Å². The van der Waals surface area contributed by atoms with Gasteiger partial charge in [0.15, 0.2) is 0 Å². The number of nitrogens with zero attached hydrogens (tertiary/aromatic N) is 1. The molecule has 0 aliphatic carbocycles. The minimum atomic E-state index is -1.21. The number of aliphatic hydroxyl groups is 1. The molecule has 1 aromatic carbocycles. The molecule has 1 spiro atoms. The number of para-hydroxylation sites is 1. The van der Waals surface area contributed by atoms with Gasteiger partial charge in [-0.15, -0.1) is 0 Å². The number of esters is 1. The Labute approximate surface area is 199 Å². The van der Waals surface area contributed by atoms with Crippen LogP contribution >= 0.6 is 27.5 Å². The molecule has 8 nitrogen and oxygen atoms in total. The second-order valence-corrected chi connectivity index (χ2v) is 9.96. The Kier molecular flexibility index (Phi) is 6.55. The molecule has 3 aliphatic rings. The van der Waals surface area contributed by atoms with Gasteiger partial charge >= 0.3 is 5.97 Å². The number of benzene rings is 1. The molecule has 0 aromatic heterocycles. The highest BCUT2D eigenvalue weighted by molar-refractivity contribution is 9.09. The minimum Gasteiger partial charge on any atom is -0.466 e. The summed E-state index contributed by atoms with van der Waals surface area (Å²) in [5, 5.41) is 13.2. The highest BCUT2D eigenvalue weighted by atomic mass is 79.9. The first-order chi connectivity index (χ1) is 15.3. The molecular weight excluding hydrogens is 504 g/mol. The molecule has 32 heavy (non-hydrogen) atoms. The molecule has 3 aliphatic heterocycles. The van der Waals surface area contributed by atoms with Gasteiger partial charge in [0.05, 0.1) is 47.9 Å². The van der Waals surface area contributed by atoms with E-state index in [4.69, 9.17) is 21.1 Å². The van der Waals surface area contributed by atoms with Crippen molar-refractivity contribution < 1.29 is 29.0 Å². The first kappa shape index (κ1) is 23.5. The van der Waals surface area contributed by atoms with E-state index in [0.717, 1.165) is 0 Å². The standard InChI is InChI=1S/C22H26BrClN2O6/c1-3-11(10-27)26-18(19(28)25-14-8-6-5-7-13(14)24)22-9-12(23)17(32-22)15(16(22)20(26)29)21(30)31-4-2/h5-8,11-12,15-18,27H,3-4,9-10H2,1-2H3,(H,25,28)/t11-,12?,15-,16+,17-,18-,22+/m0/s1. The highest BCUT2D eigenvalue weighted by Crippen LogP contribution is 2.60. The third kappa shape index (κ3) is 3.45. The van der Waals surface area contributed by atoms with Crippen molar-refractivity contribution in [3.8, 4) is 0 Å². The summed E-state index contributed by atoms with van der Waals surface area (Å²) in [4.78, 5) is 41.4. The summed E-state index contributed by atoms with van der Waals surface area (Å²) < 4.78 is 11.6. The van der Waals surface area contributed by atoms with Crippen LogP contribution in [0.5, 0.6) is 0 Å². The molecule has 4 rings (SSSR count). The van der Waals surface area contributed by atoms with Gasteiger partial charge < -0.3 is 24.8 Å². The van der Waals surface area contributed by atoms with Crippen LogP contribution in [-0.2, 0) is 23.9 Å². The topological polar surface area (TPSA) is 105 Å². The zero-order chi connectivity index (χ0) is 23.2. The Morgan fingerprint density at radius 3 is 2.75 bits per heavy atom. The van der Waals surface area contributed by atoms with E-state index < -0.39 is 47.5 Å². The van der Waals surface area contributed by atoms with Crippen molar-refractivity contribution in [3.63, 3.8) is 0 Å². The lowest BCUT2D eigenvalue weighted by Gasteiger charge is -2.36. The smallest absolute Gasteiger partial charge is 0.312 e. The number of nitrogens with one attached hydrogen (secondary N) is 1. The lowest BCUT2D eigenvalue weighted by Crippen LogP contribution is -2.56. The van der Waals surface area contributed by atoms with E-state index in [-0.39, 0.29) is 23.9 Å². The summed E-state index contributed by atoms with van der Waals surface area (Å²) in [5.74, 6) is -3.03. The molecule has 0 radical (unpaired) electrons. The molecule has 2 N–H and O–H groups in total. The third-order valence-electron chi connectivity index (χ3n) is 6.74. The SMILES string of the molecule is CCOC(=O)[C@@H]1[C@H]2O[C@@]3(CC2Br)[C@H](C(=O)Nc2ccccc2Cl)N([C@@H](CC)CO)C(=O)[C@@H]13. The molecule has 3 heterocycles. The highest BCUT2D eigenvalue weighted by Gasteiger charge is 2.77. The van der Waals surface area contributed by atoms with Crippen LogP contribution in [0, 0.1) is 11.8 Å². The Bertz CT molecular complexity index is 927. The van der Waals surface area contributed by atoms with Crippen LogP contribution in [0.1, 0.15) is 26.7 Å². The fraction of sp³-hybridized carbons (Fsp3) is 0.591. The predicted molar refractivity (Wildman–Crippen MR) is 120 cm³/mol. The molecule has 7 atom stereocenters. The van der Waals surface area contributed by atoms with Crippen molar-refractivity contribution in [2.75, 3.05) is 18.5 Å². The number of fused-ring (bicyclic) bond motifs is 1. The van der Waals surface area contributed by atoms with Gasteiger partial charge in [0.2, 0.25) is 11.8 Å². The van der Waals surface area contributed by atoms with E-state index in [9.17, 15) is 19.5 Å². The number of hydrogen-bond acceptors (Lipinski definition) is 6. The molecule has 174 valence electrons. The lowest BCUT2D eigenvalue weighted by atomic mass is 9.70. The molecule has 1 aromatic rings. The summed E-state index contributed by atoms with van der Waals surface area (Å²) in [7, 11) is 0. The summed E-state index contributed by atoms with van der Waals surface area (Å²) in [5.41, 5.74) is -0.797. The van der Waals surface area contributed by atoms with Crippen LogP contribution in [0.25, 0.3) is 0 Å². The van der Waals surface area contributed by atoms with Crippen molar-refractivity contribution in [2.45, 2.75) is 55.3 Å². The van der Waals surface area contributed by atoms with E-state index in [1.807, 2.05) is 6.92 Å². The molecule has 0 saturated carbocycles. The second-order valence-electron chi connectivity index (χ2n) is 8.37. The predicted octanol–water partition coefficient (Wildman–Crippen LogP) is 2.36. The Hall–Kier alpha value is -1.68. The fourth-order valence-corrected chi connectivity index (χ4v) is 6.57. The molecule has 2 bridgehead atoms. The van der Waals surface area contributed by atoms with Crippen LogP contribution in [0.15, 0.2) is 24.3 Å². The zero-order valence-corrected chi connectivity index (χ0v) is 20.1. The van der Waals surface area contributed by atoms with Gasteiger partial charge in [-0.3, -0.25) is 14.4 Å². The number of hydrogen-bond donors (Lipinski definition) is 2. The average Bonchev–Trinajstić information content (AvgIpc) is 3.35. The Morgan fingerprint density at radius 1 is 1.41 bits per heavy atom. The van der Waals surface area contributed by atoms with Crippen LogP contribution in [0.3, 0.4) is 0 Å². The number of rotatable bonds is 7. The van der Waals surface area contributed by atoms with Crippen LogP contribution in [-0.4, -0.2) is 69.6 Å². The zero-order valence-electron chi connectivity index (χ0n) is 17.8. The number of aliphatic hydroxyl groups excluding tert-OH is 1. The second kappa shape index (κ2) is 8.93. The van der Waals surface area contributed by atoms with Crippen molar-refractivity contribution in [1.82, 2.24) is 4.90 Å². The van der Waals surface area contributed by atoms with E-state index in [1.54, 1.807) is 31.2 Å². The van der Waals surface area contributed by atoms with Crippen molar-refractivity contribution >= 4 is 51.0 Å². The van der Waals surface area contributed by atoms with Gasteiger partial charge in [-0.05, 0) is 31.9 Å². The quantitative estimate of drug-likeness (QED) is 0.415. The number of carbonyl (C=O) groups excluding carboxylic acids is 3. The number of anilines is 1. The fourth-order valence-electron chi connectivity index (χ4n) is 5.45. The molecular formula is C22H26BrClN2O6. The van der Waals surface area contributed by atoms with Crippen LogP contribution in [0.2, 0.25) is 5.02 Å². The maximum atomic E-state index is 13.7. The molecule has 3 fully saturated rings. The summed E-state index contributed by atoms with van der Waals surface area (Å²) >= 11 is 9.82. The van der Waals surface area contributed by atoms with Gasteiger partial charge in [0.1, 0.15) is 11.6 Å². The van der Waals surface area contributed by atoms with Gasteiger partial charge in [0.25, 0.3) is 0 Å². The maximum Gasteiger partial charge on any atom is 0.312 e. The number of amides is 2. The van der Waals surface area contributed by atoms with E-state index in [0.29, 0.717) is 23.6 Å². The van der Waals surface area contributed by atoms with E-state index in [2.05, 4.69) is 21.2 Å². The molecule has 1 unspecified atom stereocenters. The Balaban J connectivity index is 1.77. The summed E-state index contributed by atoms with van der Waals surface area (Å²) in [6.45, 7) is 3.40. The van der Waals surface area contributed by atoms with Crippen molar-refractivity contribution in [3.05, 3.63) is 29.3 Å². The van der Waals surface area contributed by atoms with E-state index in [1.165, 1.54) is 4.90 Å². The number of halogens is 2. The van der Waals surface area contributed by atoms with Crippen LogP contribution < -0.4 is 5.32 Å². The number of alkyl halides is 1. The van der Waals surface area contributed by atoms with Gasteiger partial charge in [-0.1, -0.05) is 46.6 Å². The normalized spacial score (nSPS) is 33.8. The first-order valence-electron chi connectivity index (χ1n) is 10.8. The monoisotopic (exact) mass is 528 g/mol. The number of carbonyl (C=O) groups is 3. The minimum absolute atomic E-state index is 0.178. The molecule has 2 amide bonds. The molecule has 10 heteroatoms. The van der Waals surface area contributed by atoms with Crippen LogP contribution in [0.4, 0.5) is 5.69 Å². The average molecular weight is 530 g/mol. The summed E-state index contributed by atoms with van der Waals surface area (Å²) in [6, 6.07) is 5.19. The lowest BCUT2D eigenvalue weighted by molar-refractivity contribution is -0.155. The first-order valence-corrected chi connectivity index (χ1v) is 12.1. The largest absolute Gasteiger partial charge is 0.466 e. The Morgan fingerprint density at radius 2 is 2.12 bits per heavy atom.